The molecule has 0 spiro atoms. The molecule has 2 atom stereocenters. The zero-order valence-electron chi connectivity index (χ0n) is 10.6. The van der Waals surface area contributed by atoms with Crippen LogP contribution in [0.25, 0.3) is 0 Å². The zero-order valence-corrected chi connectivity index (χ0v) is 10.6. The van der Waals surface area contributed by atoms with Crippen molar-refractivity contribution in [2.45, 2.75) is 25.5 Å². The van der Waals surface area contributed by atoms with Gasteiger partial charge in [0.1, 0.15) is 6.61 Å². The number of nitrogens with two attached hydrogens (primary N) is 1. The molecule has 2 unspecified atom stereocenters. The van der Waals surface area contributed by atoms with E-state index in [1.54, 1.807) is 0 Å². The number of para-hydroxylation sites is 2. The Morgan fingerprint density at radius 3 is 2.89 bits per heavy atom. The van der Waals surface area contributed by atoms with Crippen molar-refractivity contribution in [3.8, 4) is 11.5 Å². The number of hydrogen-bond acceptors (Lipinski definition) is 6. The predicted octanol–water partition coefficient (Wildman–Crippen LogP) is 1.99. The molecule has 3 rings (SSSR count). The van der Waals surface area contributed by atoms with Gasteiger partial charge in [0.15, 0.2) is 11.5 Å². The summed E-state index contributed by atoms with van der Waals surface area (Å²) in [5.74, 6) is 2.23. The topological polar surface area (TPSA) is 83.4 Å². The summed E-state index contributed by atoms with van der Waals surface area (Å²) in [5, 5.41) is 7.92. The van der Waals surface area contributed by atoms with E-state index in [9.17, 15) is 0 Å². The lowest BCUT2D eigenvalue weighted by atomic mass is 10.2. The highest BCUT2D eigenvalue weighted by Gasteiger charge is 2.27. The minimum atomic E-state index is -0.389. The van der Waals surface area contributed by atoms with Crippen LogP contribution in [0.15, 0.2) is 28.7 Å². The molecule has 6 nitrogen and oxygen atoms in total. The summed E-state index contributed by atoms with van der Waals surface area (Å²) in [5.41, 5.74) is 5.85. The molecule has 100 valence electrons. The van der Waals surface area contributed by atoms with Crippen LogP contribution in [0.3, 0.4) is 0 Å². The van der Waals surface area contributed by atoms with E-state index in [4.69, 9.17) is 19.6 Å². The molecule has 1 aliphatic rings. The minimum absolute atomic E-state index is 0.238. The molecule has 0 radical (unpaired) electrons. The summed E-state index contributed by atoms with van der Waals surface area (Å²) in [4.78, 5) is 0. The monoisotopic (exact) mass is 261 g/mol. The molecule has 2 N–H and O–H groups in total. The van der Waals surface area contributed by atoms with Crippen LogP contribution in [0.1, 0.15) is 37.3 Å². The van der Waals surface area contributed by atoms with Crippen molar-refractivity contribution in [1.82, 2.24) is 10.2 Å². The predicted molar refractivity (Wildman–Crippen MR) is 66.8 cm³/mol. The van der Waals surface area contributed by atoms with Gasteiger partial charge in [0.2, 0.25) is 12.0 Å². The maximum absolute atomic E-state index is 5.85. The first-order chi connectivity index (χ1) is 9.28. The van der Waals surface area contributed by atoms with Crippen molar-refractivity contribution >= 4 is 0 Å². The van der Waals surface area contributed by atoms with Crippen molar-refractivity contribution < 1.29 is 13.9 Å². The fourth-order valence-electron chi connectivity index (χ4n) is 1.84. The number of aromatic nitrogens is 2. The molecule has 6 heteroatoms. The van der Waals surface area contributed by atoms with E-state index in [0.29, 0.717) is 24.1 Å². The highest BCUT2D eigenvalue weighted by Crippen LogP contribution is 2.35. The van der Waals surface area contributed by atoms with Gasteiger partial charge < -0.3 is 19.6 Å². The molecule has 1 aromatic carbocycles. The molecule has 0 saturated heterocycles. The summed E-state index contributed by atoms with van der Waals surface area (Å²) < 4.78 is 16.9. The van der Waals surface area contributed by atoms with Gasteiger partial charge in [-0.05, 0) is 18.6 Å². The maximum Gasteiger partial charge on any atom is 0.260 e. The second-order valence-electron chi connectivity index (χ2n) is 4.36. The normalized spacial score (nSPS) is 19.2. The van der Waals surface area contributed by atoms with Crippen LogP contribution in [-0.4, -0.2) is 16.8 Å². The molecule has 2 heterocycles. The van der Waals surface area contributed by atoms with Crippen molar-refractivity contribution in [3.05, 3.63) is 36.0 Å². The molecular weight excluding hydrogens is 246 g/mol. The molecule has 1 aromatic heterocycles. The first kappa shape index (κ1) is 12.0. The number of ether oxygens (including phenoxy) is 2. The van der Waals surface area contributed by atoms with Gasteiger partial charge in [-0.2, -0.15) is 0 Å². The smallest absolute Gasteiger partial charge is 0.260 e. The van der Waals surface area contributed by atoms with E-state index in [-0.39, 0.29) is 12.1 Å². The summed E-state index contributed by atoms with van der Waals surface area (Å²) in [7, 11) is 0. The molecule has 0 bridgehead atoms. The lowest BCUT2D eigenvalue weighted by Crippen LogP contribution is -2.21. The van der Waals surface area contributed by atoms with Crippen LogP contribution in [0.2, 0.25) is 0 Å². The third-order valence-electron chi connectivity index (χ3n) is 3.00. The Kier molecular flexibility index (Phi) is 3.08. The van der Waals surface area contributed by atoms with Crippen LogP contribution in [0.5, 0.6) is 11.5 Å². The Morgan fingerprint density at radius 1 is 1.32 bits per heavy atom. The number of nitrogens with zero attached hydrogens (tertiary/aromatic N) is 2. The van der Waals surface area contributed by atoms with Gasteiger partial charge in [-0.15, -0.1) is 10.2 Å². The van der Waals surface area contributed by atoms with Crippen LogP contribution in [-0.2, 0) is 0 Å². The highest BCUT2D eigenvalue weighted by molar-refractivity contribution is 5.40. The Labute approximate surface area is 110 Å². The van der Waals surface area contributed by atoms with E-state index in [1.807, 2.05) is 31.2 Å². The number of hydrogen-bond donors (Lipinski definition) is 1. The summed E-state index contributed by atoms with van der Waals surface area (Å²) in [6.45, 7) is 2.31. The minimum Gasteiger partial charge on any atom is -0.485 e. The van der Waals surface area contributed by atoms with Crippen molar-refractivity contribution in [2.75, 3.05) is 6.61 Å². The van der Waals surface area contributed by atoms with Crippen molar-refractivity contribution in [2.24, 2.45) is 5.73 Å². The zero-order chi connectivity index (χ0) is 13.2. The van der Waals surface area contributed by atoms with E-state index in [2.05, 4.69) is 10.2 Å². The van der Waals surface area contributed by atoms with Gasteiger partial charge in [0.25, 0.3) is 5.89 Å². The first-order valence-electron chi connectivity index (χ1n) is 6.25. The van der Waals surface area contributed by atoms with E-state index in [1.165, 1.54) is 0 Å². The second-order valence-corrected chi connectivity index (χ2v) is 4.36. The SMILES string of the molecule is CCC(N)c1nnc(C2COc3ccccc3O2)o1. The van der Waals surface area contributed by atoms with E-state index >= 15 is 0 Å². The molecule has 0 fully saturated rings. The van der Waals surface area contributed by atoms with Crippen molar-refractivity contribution in [3.63, 3.8) is 0 Å². The number of fused-ring (bicyclic) bond motifs is 1. The lowest BCUT2D eigenvalue weighted by molar-refractivity contribution is 0.0700. The molecular formula is C13H15N3O3. The molecule has 0 aliphatic carbocycles. The van der Waals surface area contributed by atoms with Crippen LogP contribution in [0.4, 0.5) is 0 Å². The summed E-state index contributed by atoms with van der Waals surface area (Å²) >= 11 is 0. The number of rotatable bonds is 3. The largest absolute Gasteiger partial charge is 0.485 e. The fourth-order valence-corrected chi connectivity index (χ4v) is 1.84. The first-order valence-corrected chi connectivity index (χ1v) is 6.25. The molecule has 19 heavy (non-hydrogen) atoms. The summed E-state index contributed by atoms with van der Waals surface area (Å²) in [6, 6.07) is 7.25. The third-order valence-corrected chi connectivity index (χ3v) is 3.00. The van der Waals surface area contributed by atoms with Gasteiger partial charge in [0, 0.05) is 0 Å². The van der Waals surface area contributed by atoms with Gasteiger partial charge in [0.05, 0.1) is 6.04 Å². The molecule has 2 aromatic rings. The van der Waals surface area contributed by atoms with Gasteiger partial charge in [-0.3, -0.25) is 0 Å². The summed E-state index contributed by atoms with van der Waals surface area (Å²) in [6.07, 6.45) is 0.354. The quantitative estimate of drug-likeness (QED) is 0.909. The highest BCUT2D eigenvalue weighted by atomic mass is 16.6. The Morgan fingerprint density at radius 2 is 2.11 bits per heavy atom. The molecule has 0 amide bonds. The van der Waals surface area contributed by atoms with Crippen LogP contribution >= 0.6 is 0 Å². The Balaban J connectivity index is 1.79. The van der Waals surface area contributed by atoms with Crippen molar-refractivity contribution in [1.29, 1.82) is 0 Å². The maximum atomic E-state index is 5.85. The molecule has 0 saturated carbocycles. The average Bonchev–Trinajstić information content (AvgIpc) is 2.95. The van der Waals surface area contributed by atoms with E-state index < -0.39 is 0 Å². The standard InChI is InChI=1S/C13H15N3O3/c1-2-8(14)12-15-16-13(19-12)11-7-17-9-5-3-4-6-10(9)18-11/h3-6,8,11H,2,7,14H2,1H3. The van der Waals surface area contributed by atoms with Gasteiger partial charge >= 0.3 is 0 Å². The Hall–Kier alpha value is -2.08. The van der Waals surface area contributed by atoms with Crippen LogP contribution < -0.4 is 15.2 Å². The lowest BCUT2D eigenvalue weighted by Gasteiger charge is -2.23. The van der Waals surface area contributed by atoms with Gasteiger partial charge in [-0.1, -0.05) is 19.1 Å². The van der Waals surface area contributed by atoms with E-state index in [0.717, 1.165) is 12.2 Å². The second kappa shape index (κ2) is 4.89. The molecule has 1 aliphatic heterocycles. The fraction of sp³-hybridized carbons (Fsp3) is 0.385. The Bertz CT molecular complexity index is 570. The number of benzene rings is 1. The van der Waals surface area contributed by atoms with Gasteiger partial charge in [-0.25, -0.2) is 0 Å². The van der Waals surface area contributed by atoms with Crippen LogP contribution in [0, 0.1) is 0 Å². The average molecular weight is 261 g/mol. The third kappa shape index (κ3) is 2.26.